The van der Waals surface area contributed by atoms with E-state index in [2.05, 4.69) is 13.8 Å². The van der Waals surface area contributed by atoms with E-state index in [0.29, 0.717) is 5.91 Å². The molecule has 0 spiro atoms. The van der Waals surface area contributed by atoms with Gasteiger partial charge < -0.3 is 4.90 Å². The summed E-state index contributed by atoms with van der Waals surface area (Å²) < 4.78 is 0. The smallest absolute Gasteiger partial charge is 0.225 e. The number of nitrogens with zero attached hydrogens (tertiary/aromatic N) is 1. The maximum Gasteiger partial charge on any atom is 0.225 e. The quantitative estimate of drug-likeness (QED) is 0.630. The number of rotatable bonds is 3. The van der Waals surface area contributed by atoms with Crippen LogP contribution >= 0.6 is 0 Å². The van der Waals surface area contributed by atoms with Gasteiger partial charge in [0, 0.05) is 19.0 Å². The van der Waals surface area contributed by atoms with E-state index in [-0.39, 0.29) is 5.92 Å². The topological polar surface area (TPSA) is 20.3 Å². The minimum Gasteiger partial charge on any atom is -0.342 e. The second-order valence-electron chi connectivity index (χ2n) is 3.43. The van der Waals surface area contributed by atoms with Crippen LogP contribution in [0.3, 0.4) is 0 Å². The van der Waals surface area contributed by atoms with Gasteiger partial charge in [0.15, 0.2) is 0 Å². The van der Waals surface area contributed by atoms with Crippen molar-refractivity contribution in [3.8, 4) is 0 Å². The van der Waals surface area contributed by atoms with Crippen molar-refractivity contribution in [2.24, 2.45) is 5.92 Å². The minimum atomic E-state index is 0.170. The standard InChI is InChI=1S/C10H18NO/c1-3-9(4-2)10(12)11-7-5-6-8-11/h9H,1,3-8H2,2H3. The zero-order valence-corrected chi connectivity index (χ0v) is 7.88. The lowest BCUT2D eigenvalue weighted by Crippen LogP contribution is -2.33. The van der Waals surface area contributed by atoms with Gasteiger partial charge >= 0.3 is 0 Å². The predicted octanol–water partition coefficient (Wildman–Crippen LogP) is 1.86. The Labute approximate surface area is 74.9 Å². The highest BCUT2D eigenvalue weighted by Crippen LogP contribution is 2.16. The average molecular weight is 168 g/mol. The maximum atomic E-state index is 11.7. The summed E-state index contributed by atoms with van der Waals surface area (Å²) in [4.78, 5) is 13.7. The third-order valence-electron chi connectivity index (χ3n) is 2.61. The van der Waals surface area contributed by atoms with Crippen molar-refractivity contribution in [2.45, 2.75) is 32.6 Å². The van der Waals surface area contributed by atoms with Gasteiger partial charge in [-0.15, -0.1) is 0 Å². The van der Waals surface area contributed by atoms with E-state index < -0.39 is 0 Å². The van der Waals surface area contributed by atoms with Gasteiger partial charge in [-0.2, -0.15) is 0 Å². The summed E-state index contributed by atoms with van der Waals surface area (Å²) in [5.41, 5.74) is 0. The molecule has 0 N–H and O–H groups in total. The summed E-state index contributed by atoms with van der Waals surface area (Å²) >= 11 is 0. The summed E-state index contributed by atoms with van der Waals surface area (Å²) in [5, 5.41) is 0. The van der Waals surface area contributed by atoms with Crippen LogP contribution in [-0.2, 0) is 4.79 Å². The zero-order chi connectivity index (χ0) is 8.97. The van der Waals surface area contributed by atoms with Crippen LogP contribution in [-0.4, -0.2) is 23.9 Å². The van der Waals surface area contributed by atoms with Crippen LogP contribution in [0.2, 0.25) is 0 Å². The SMILES string of the molecule is [CH2]CC(CC)C(=O)N1CCCC1. The first kappa shape index (κ1) is 9.56. The van der Waals surface area contributed by atoms with Gasteiger partial charge in [0.25, 0.3) is 0 Å². The van der Waals surface area contributed by atoms with Gasteiger partial charge in [-0.1, -0.05) is 13.8 Å². The van der Waals surface area contributed by atoms with E-state index in [4.69, 9.17) is 0 Å². The Balaban J connectivity index is 2.43. The van der Waals surface area contributed by atoms with Crippen molar-refractivity contribution < 1.29 is 4.79 Å². The van der Waals surface area contributed by atoms with E-state index >= 15 is 0 Å². The molecule has 0 aromatic heterocycles. The number of hydrogen-bond donors (Lipinski definition) is 0. The van der Waals surface area contributed by atoms with Crippen LogP contribution < -0.4 is 0 Å². The monoisotopic (exact) mass is 168 g/mol. The number of hydrogen-bond acceptors (Lipinski definition) is 1. The van der Waals surface area contributed by atoms with Gasteiger partial charge in [-0.25, -0.2) is 0 Å². The molecule has 1 amide bonds. The van der Waals surface area contributed by atoms with E-state index in [1.165, 1.54) is 12.8 Å². The predicted molar refractivity (Wildman–Crippen MR) is 49.6 cm³/mol. The largest absolute Gasteiger partial charge is 0.342 e. The number of amides is 1. The molecule has 1 unspecified atom stereocenters. The first-order chi connectivity index (χ1) is 5.79. The molecule has 1 heterocycles. The van der Waals surface area contributed by atoms with Crippen molar-refractivity contribution >= 4 is 5.91 Å². The molecule has 1 fully saturated rings. The molecular formula is C10H18NO. The Kier molecular flexibility index (Phi) is 3.57. The lowest BCUT2D eigenvalue weighted by atomic mass is 10.0. The molecular weight excluding hydrogens is 150 g/mol. The van der Waals surface area contributed by atoms with E-state index in [9.17, 15) is 4.79 Å². The zero-order valence-electron chi connectivity index (χ0n) is 7.88. The highest BCUT2D eigenvalue weighted by molar-refractivity contribution is 5.79. The summed E-state index contributed by atoms with van der Waals surface area (Å²) in [5.74, 6) is 0.494. The van der Waals surface area contributed by atoms with Gasteiger partial charge in [0.05, 0.1) is 0 Å². The minimum absolute atomic E-state index is 0.170. The van der Waals surface area contributed by atoms with Crippen molar-refractivity contribution in [2.75, 3.05) is 13.1 Å². The van der Waals surface area contributed by atoms with Crippen LogP contribution in [0.1, 0.15) is 32.6 Å². The highest BCUT2D eigenvalue weighted by atomic mass is 16.2. The fraction of sp³-hybridized carbons (Fsp3) is 0.800. The molecule has 12 heavy (non-hydrogen) atoms. The van der Waals surface area contributed by atoms with Crippen molar-refractivity contribution in [3.05, 3.63) is 6.92 Å². The number of likely N-dealkylation sites (tertiary alicyclic amines) is 1. The van der Waals surface area contributed by atoms with E-state index in [1.54, 1.807) is 0 Å². The second-order valence-corrected chi connectivity index (χ2v) is 3.43. The molecule has 1 radical (unpaired) electrons. The molecule has 1 atom stereocenters. The average Bonchev–Trinajstić information content (AvgIpc) is 2.58. The third-order valence-corrected chi connectivity index (χ3v) is 2.61. The summed E-state index contributed by atoms with van der Waals surface area (Å²) in [7, 11) is 0. The molecule has 0 aromatic rings. The molecule has 1 aliphatic heterocycles. The number of carbonyl (C=O) groups excluding carboxylic acids is 1. The Bertz CT molecular complexity index is 142. The summed E-state index contributed by atoms with van der Waals surface area (Å²) in [6, 6.07) is 0. The van der Waals surface area contributed by atoms with Crippen LogP contribution in [0.25, 0.3) is 0 Å². The molecule has 2 nitrogen and oxygen atoms in total. The molecule has 0 aliphatic carbocycles. The Morgan fingerprint density at radius 1 is 1.50 bits per heavy atom. The Morgan fingerprint density at radius 2 is 2.08 bits per heavy atom. The molecule has 1 rings (SSSR count). The van der Waals surface area contributed by atoms with Crippen molar-refractivity contribution in [1.29, 1.82) is 0 Å². The normalized spacial score (nSPS) is 17.4. The first-order valence-corrected chi connectivity index (χ1v) is 4.87. The van der Waals surface area contributed by atoms with Gasteiger partial charge in [0.1, 0.15) is 0 Å². The van der Waals surface area contributed by atoms with Crippen molar-refractivity contribution in [1.82, 2.24) is 4.90 Å². The van der Waals surface area contributed by atoms with Crippen LogP contribution in [0.5, 0.6) is 0 Å². The first-order valence-electron chi connectivity index (χ1n) is 4.87. The molecule has 69 valence electrons. The summed E-state index contributed by atoms with van der Waals surface area (Å²) in [6.07, 6.45) is 4.03. The van der Waals surface area contributed by atoms with E-state index in [1.807, 2.05) is 4.90 Å². The maximum absolute atomic E-state index is 11.7. The molecule has 0 saturated carbocycles. The number of carbonyl (C=O) groups is 1. The third kappa shape index (κ3) is 1.99. The lowest BCUT2D eigenvalue weighted by molar-refractivity contribution is -0.134. The molecule has 0 bridgehead atoms. The molecule has 1 aliphatic rings. The molecule has 2 heteroatoms. The summed E-state index contributed by atoms with van der Waals surface area (Å²) in [6.45, 7) is 7.80. The second kappa shape index (κ2) is 4.48. The van der Waals surface area contributed by atoms with Gasteiger partial charge in [0.2, 0.25) is 5.91 Å². The highest BCUT2D eigenvalue weighted by Gasteiger charge is 2.23. The van der Waals surface area contributed by atoms with E-state index in [0.717, 1.165) is 25.9 Å². The Morgan fingerprint density at radius 3 is 2.50 bits per heavy atom. The molecule has 1 saturated heterocycles. The Hall–Kier alpha value is -0.530. The lowest BCUT2D eigenvalue weighted by Gasteiger charge is -2.20. The fourth-order valence-corrected chi connectivity index (χ4v) is 1.70. The van der Waals surface area contributed by atoms with Gasteiger partial charge in [-0.3, -0.25) is 4.79 Å². The fourth-order valence-electron chi connectivity index (χ4n) is 1.70. The van der Waals surface area contributed by atoms with Crippen LogP contribution in [0.4, 0.5) is 0 Å². The molecule has 0 aromatic carbocycles. The van der Waals surface area contributed by atoms with Gasteiger partial charge in [-0.05, 0) is 25.7 Å². The van der Waals surface area contributed by atoms with Crippen molar-refractivity contribution in [3.63, 3.8) is 0 Å². The van der Waals surface area contributed by atoms with Crippen LogP contribution in [0.15, 0.2) is 0 Å². The van der Waals surface area contributed by atoms with Crippen LogP contribution in [0, 0.1) is 12.8 Å².